The standard InChI is InChI=1S/C2H5NO3.K/c3-6-1-2(4)5;/h1,3H2,(H,4,5);/q;+1/p-1. The van der Waals surface area contributed by atoms with Crippen molar-refractivity contribution >= 4 is 5.97 Å². The first-order chi connectivity index (χ1) is 2.77. The van der Waals surface area contributed by atoms with Gasteiger partial charge >= 0.3 is 51.4 Å². The van der Waals surface area contributed by atoms with Gasteiger partial charge in [0.1, 0.15) is 6.61 Å². The maximum atomic E-state index is 9.28. The molecule has 0 aliphatic carbocycles. The van der Waals surface area contributed by atoms with Crippen LogP contribution in [-0.2, 0) is 9.63 Å². The summed E-state index contributed by atoms with van der Waals surface area (Å²) in [5.41, 5.74) is 0. The maximum absolute atomic E-state index is 9.28. The Labute approximate surface area is 83.4 Å². The van der Waals surface area contributed by atoms with E-state index in [1.54, 1.807) is 0 Å². The summed E-state index contributed by atoms with van der Waals surface area (Å²) >= 11 is 0. The number of hydrogen-bond acceptors (Lipinski definition) is 4. The van der Waals surface area contributed by atoms with Crippen molar-refractivity contribution in [2.24, 2.45) is 5.90 Å². The minimum atomic E-state index is -1.31. The van der Waals surface area contributed by atoms with E-state index in [1.807, 2.05) is 0 Å². The summed E-state index contributed by atoms with van der Waals surface area (Å²) in [6.45, 7) is -0.542. The van der Waals surface area contributed by atoms with Crippen molar-refractivity contribution < 1.29 is 66.1 Å². The number of aliphatic carboxylic acids is 1. The van der Waals surface area contributed by atoms with Crippen molar-refractivity contribution in [3.63, 3.8) is 0 Å². The van der Waals surface area contributed by atoms with Crippen LogP contribution >= 0.6 is 0 Å². The Morgan fingerprint density at radius 2 is 2.29 bits per heavy atom. The third kappa shape index (κ3) is 10.9. The molecule has 0 spiro atoms. The summed E-state index contributed by atoms with van der Waals surface area (Å²) in [5.74, 6) is 3.00. The maximum Gasteiger partial charge on any atom is 1.00 e. The average molecular weight is 129 g/mol. The molecule has 0 aromatic rings. The number of carboxylic acid groups (broad SMARTS) is 1. The molecule has 4 nitrogen and oxygen atoms in total. The van der Waals surface area contributed by atoms with Crippen LogP contribution in [0.15, 0.2) is 0 Å². The molecular weight excluding hydrogens is 125 g/mol. The second kappa shape index (κ2) is 7.03. The predicted octanol–water partition coefficient (Wildman–Crippen LogP) is -5.37. The Morgan fingerprint density at radius 3 is 2.29 bits per heavy atom. The van der Waals surface area contributed by atoms with E-state index < -0.39 is 12.6 Å². The molecule has 0 aromatic heterocycles. The van der Waals surface area contributed by atoms with Gasteiger partial charge in [0.15, 0.2) is 0 Å². The minimum absolute atomic E-state index is 0. The summed E-state index contributed by atoms with van der Waals surface area (Å²) in [7, 11) is 0. The SMILES string of the molecule is NOCC(=O)[O-].[K+]. The summed E-state index contributed by atoms with van der Waals surface area (Å²) < 4.78 is 0. The van der Waals surface area contributed by atoms with Crippen LogP contribution in [0.3, 0.4) is 0 Å². The van der Waals surface area contributed by atoms with Gasteiger partial charge in [0.2, 0.25) is 0 Å². The van der Waals surface area contributed by atoms with Crippen molar-refractivity contribution in [1.82, 2.24) is 0 Å². The zero-order valence-electron chi connectivity index (χ0n) is 4.01. The van der Waals surface area contributed by atoms with Crippen LogP contribution < -0.4 is 62.4 Å². The third-order valence-corrected chi connectivity index (χ3v) is 0.201. The Kier molecular flexibility index (Phi) is 11.0. The smallest absolute Gasteiger partial charge is 0.548 e. The Balaban J connectivity index is 0. The molecule has 0 saturated heterocycles. The fourth-order valence-corrected chi connectivity index (χ4v) is 0.0680. The van der Waals surface area contributed by atoms with Gasteiger partial charge in [-0.25, -0.2) is 5.90 Å². The Morgan fingerprint density at radius 1 is 1.86 bits per heavy atom. The summed E-state index contributed by atoms with van der Waals surface area (Å²) in [6.07, 6.45) is 0. The van der Waals surface area contributed by atoms with E-state index in [1.165, 1.54) is 0 Å². The first-order valence-electron chi connectivity index (χ1n) is 1.29. The number of nitrogens with two attached hydrogens (primary N) is 1. The molecule has 0 aromatic carbocycles. The van der Waals surface area contributed by atoms with Gasteiger partial charge in [0.25, 0.3) is 0 Å². The molecule has 0 saturated carbocycles. The number of rotatable bonds is 2. The topological polar surface area (TPSA) is 75.4 Å². The quantitative estimate of drug-likeness (QED) is 0.298. The molecule has 0 fully saturated rings. The van der Waals surface area contributed by atoms with Crippen molar-refractivity contribution in [2.45, 2.75) is 0 Å². The summed E-state index contributed by atoms with van der Waals surface area (Å²) in [5, 5.41) is 9.28. The molecule has 0 aliphatic rings. The van der Waals surface area contributed by atoms with Gasteiger partial charge < -0.3 is 9.90 Å². The van der Waals surface area contributed by atoms with Gasteiger partial charge in [-0.3, -0.25) is 4.84 Å². The van der Waals surface area contributed by atoms with E-state index >= 15 is 0 Å². The molecule has 0 atom stereocenters. The molecule has 0 unspecified atom stereocenters. The van der Waals surface area contributed by atoms with Crippen LogP contribution in [0.4, 0.5) is 0 Å². The zero-order chi connectivity index (χ0) is 4.99. The molecule has 5 heteroatoms. The van der Waals surface area contributed by atoms with E-state index in [0.717, 1.165) is 0 Å². The van der Waals surface area contributed by atoms with Crippen LogP contribution in [0.5, 0.6) is 0 Å². The van der Waals surface area contributed by atoms with Crippen LogP contribution in [0, 0.1) is 0 Å². The largest absolute Gasteiger partial charge is 1.00 e. The Bertz CT molecular complexity index is 56.9. The van der Waals surface area contributed by atoms with Gasteiger partial charge in [0.05, 0.1) is 5.97 Å². The third-order valence-electron chi connectivity index (χ3n) is 0.201. The molecule has 36 valence electrons. The number of carbonyl (C=O) groups is 1. The predicted molar refractivity (Wildman–Crippen MR) is 15.1 cm³/mol. The van der Waals surface area contributed by atoms with E-state index in [9.17, 15) is 9.90 Å². The van der Waals surface area contributed by atoms with Crippen LogP contribution in [0.25, 0.3) is 0 Å². The Hall–Kier alpha value is 1.03. The molecule has 0 bridgehead atoms. The molecule has 0 rings (SSSR count). The number of carboxylic acids is 1. The van der Waals surface area contributed by atoms with Crippen LogP contribution in [0.2, 0.25) is 0 Å². The first kappa shape index (κ1) is 10.9. The molecule has 0 amide bonds. The number of carbonyl (C=O) groups excluding carboxylic acids is 1. The molecular formula is C2H4KNO3. The van der Waals surface area contributed by atoms with Crippen molar-refractivity contribution in [2.75, 3.05) is 6.61 Å². The monoisotopic (exact) mass is 129 g/mol. The van der Waals surface area contributed by atoms with Crippen molar-refractivity contribution in [1.29, 1.82) is 0 Å². The number of hydrogen-bond donors (Lipinski definition) is 1. The second-order valence-electron chi connectivity index (χ2n) is 0.683. The van der Waals surface area contributed by atoms with Gasteiger partial charge in [-0.15, -0.1) is 0 Å². The van der Waals surface area contributed by atoms with Crippen LogP contribution in [0.1, 0.15) is 0 Å². The molecule has 0 radical (unpaired) electrons. The average Bonchev–Trinajstić information content (AvgIpc) is 1.35. The molecule has 0 heterocycles. The van der Waals surface area contributed by atoms with E-state index in [4.69, 9.17) is 0 Å². The normalized spacial score (nSPS) is 7.00. The molecule has 7 heavy (non-hydrogen) atoms. The second-order valence-corrected chi connectivity index (χ2v) is 0.683. The first-order valence-corrected chi connectivity index (χ1v) is 1.29. The van der Waals surface area contributed by atoms with Crippen LogP contribution in [-0.4, -0.2) is 12.6 Å². The molecule has 0 aliphatic heterocycles. The fourth-order valence-electron chi connectivity index (χ4n) is 0.0680. The fraction of sp³-hybridized carbons (Fsp3) is 0.500. The molecule has 2 N–H and O–H groups in total. The van der Waals surface area contributed by atoms with Crippen molar-refractivity contribution in [3.05, 3.63) is 0 Å². The van der Waals surface area contributed by atoms with Gasteiger partial charge in [-0.1, -0.05) is 0 Å². The van der Waals surface area contributed by atoms with Crippen molar-refractivity contribution in [3.8, 4) is 0 Å². The van der Waals surface area contributed by atoms with E-state index in [2.05, 4.69) is 10.7 Å². The summed E-state index contributed by atoms with van der Waals surface area (Å²) in [4.78, 5) is 12.9. The summed E-state index contributed by atoms with van der Waals surface area (Å²) in [6, 6.07) is 0. The van der Waals surface area contributed by atoms with Gasteiger partial charge in [0, 0.05) is 0 Å². The van der Waals surface area contributed by atoms with Gasteiger partial charge in [-0.05, 0) is 0 Å². The van der Waals surface area contributed by atoms with E-state index in [0.29, 0.717) is 0 Å². The van der Waals surface area contributed by atoms with Gasteiger partial charge in [-0.2, -0.15) is 0 Å². The minimum Gasteiger partial charge on any atom is -0.548 e. The zero-order valence-corrected chi connectivity index (χ0v) is 7.13. The van der Waals surface area contributed by atoms with E-state index in [-0.39, 0.29) is 51.4 Å².